The van der Waals surface area contributed by atoms with E-state index in [2.05, 4.69) is 58.4 Å². The second-order valence-corrected chi connectivity index (χ2v) is 5.86. The summed E-state index contributed by atoms with van der Waals surface area (Å²) in [6.45, 7) is 2.20. The summed E-state index contributed by atoms with van der Waals surface area (Å²) < 4.78 is 1.87. The predicted molar refractivity (Wildman–Crippen MR) is 83.7 cm³/mol. The zero-order valence-electron chi connectivity index (χ0n) is 11.6. The predicted octanol–water partition coefficient (Wildman–Crippen LogP) is 3.91. The Balaban J connectivity index is 1.92. The van der Waals surface area contributed by atoms with E-state index in [0.717, 1.165) is 18.2 Å². The Morgan fingerprint density at radius 3 is 2.74 bits per heavy atom. The quantitative estimate of drug-likeness (QED) is 0.738. The Morgan fingerprint density at radius 2 is 2.11 bits per heavy atom. The number of benzene rings is 1. The molecule has 1 atom stereocenters. The number of aromatic nitrogens is 2. The second kappa shape index (κ2) is 6.90. The van der Waals surface area contributed by atoms with Crippen molar-refractivity contribution in [2.45, 2.75) is 26.2 Å². The van der Waals surface area contributed by atoms with Crippen LogP contribution >= 0.6 is 15.9 Å². The van der Waals surface area contributed by atoms with Crippen molar-refractivity contribution in [1.82, 2.24) is 9.78 Å². The number of nitrogens with zero attached hydrogens (tertiary/aromatic N) is 2. The van der Waals surface area contributed by atoms with Crippen molar-refractivity contribution >= 4 is 15.9 Å². The molecule has 1 aromatic carbocycles. The molecule has 0 aliphatic carbocycles. The molecule has 0 fully saturated rings. The van der Waals surface area contributed by atoms with Crippen LogP contribution in [0.15, 0.2) is 36.7 Å². The van der Waals surface area contributed by atoms with Gasteiger partial charge in [-0.2, -0.15) is 5.10 Å². The molecule has 0 aliphatic heterocycles. The van der Waals surface area contributed by atoms with Gasteiger partial charge in [-0.3, -0.25) is 4.68 Å². The Morgan fingerprint density at radius 1 is 1.32 bits per heavy atom. The van der Waals surface area contributed by atoms with E-state index >= 15 is 0 Å². The lowest BCUT2D eigenvalue weighted by atomic mass is 9.93. The average molecular weight is 321 g/mol. The van der Waals surface area contributed by atoms with Crippen LogP contribution in [0.1, 0.15) is 23.1 Å². The van der Waals surface area contributed by atoms with Gasteiger partial charge < -0.3 is 0 Å². The number of hydrogen-bond acceptors (Lipinski definition) is 1. The first-order chi connectivity index (χ1) is 9.19. The maximum absolute atomic E-state index is 4.22. The summed E-state index contributed by atoms with van der Waals surface area (Å²) in [6.07, 6.45) is 7.54. The maximum Gasteiger partial charge on any atom is 0.0521 e. The third-order valence-corrected chi connectivity index (χ3v) is 4.50. The molecule has 2 rings (SSSR count). The van der Waals surface area contributed by atoms with E-state index < -0.39 is 0 Å². The van der Waals surface area contributed by atoms with Crippen molar-refractivity contribution in [2.24, 2.45) is 13.0 Å². The summed E-state index contributed by atoms with van der Waals surface area (Å²) in [6, 6.07) is 8.68. The minimum Gasteiger partial charge on any atom is -0.276 e. The summed E-state index contributed by atoms with van der Waals surface area (Å²) in [4.78, 5) is 0. The molecule has 0 saturated carbocycles. The van der Waals surface area contributed by atoms with E-state index in [0.29, 0.717) is 5.92 Å². The fourth-order valence-corrected chi connectivity index (χ4v) is 2.91. The van der Waals surface area contributed by atoms with Gasteiger partial charge in [-0.25, -0.2) is 0 Å². The van der Waals surface area contributed by atoms with Gasteiger partial charge >= 0.3 is 0 Å². The first-order valence-corrected chi connectivity index (χ1v) is 7.89. The molecule has 0 bridgehead atoms. The van der Waals surface area contributed by atoms with Crippen molar-refractivity contribution in [3.05, 3.63) is 53.3 Å². The van der Waals surface area contributed by atoms with Crippen LogP contribution in [0.5, 0.6) is 0 Å². The smallest absolute Gasteiger partial charge is 0.0521 e. The molecule has 102 valence electrons. The lowest BCUT2D eigenvalue weighted by molar-refractivity contribution is 0.541. The molecule has 19 heavy (non-hydrogen) atoms. The first-order valence-electron chi connectivity index (χ1n) is 6.77. The SMILES string of the molecule is Cc1ccccc1CC(CBr)CCc1cnn(C)c1. The van der Waals surface area contributed by atoms with Gasteiger partial charge in [0.2, 0.25) is 0 Å². The highest BCUT2D eigenvalue weighted by Gasteiger charge is 2.10. The molecular weight excluding hydrogens is 300 g/mol. The van der Waals surface area contributed by atoms with Crippen LogP contribution in [0.3, 0.4) is 0 Å². The summed E-state index contributed by atoms with van der Waals surface area (Å²) in [7, 11) is 1.97. The maximum atomic E-state index is 4.22. The molecule has 1 unspecified atom stereocenters. The summed E-state index contributed by atoms with van der Waals surface area (Å²) in [5.41, 5.74) is 4.20. The van der Waals surface area contributed by atoms with Crippen molar-refractivity contribution < 1.29 is 0 Å². The van der Waals surface area contributed by atoms with Crippen molar-refractivity contribution in [2.75, 3.05) is 5.33 Å². The van der Waals surface area contributed by atoms with E-state index in [-0.39, 0.29) is 0 Å². The van der Waals surface area contributed by atoms with Gasteiger partial charge in [-0.05, 0) is 48.8 Å². The third kappa shape index (κ3) is 4.20. The molecule has 2 aromatic rings. The van der Waals surface area contributed by atoms with Gasteiger partial charge in [0.1, 0.15) is 0 Å². The number of halogens is 1. The number of aryl methyl sites for hydroxylation is 3. The Kier molecular flexibility index (Phi) is 5.20. The van der Waals surface area contributed by atoms with Gasteiger partial charge in [0.25, 0.3) is 0 Å². The van der Waals surface area contributed by atoms with Crippen LogP contribution in [0.2, 0.25) is 0 Å². The van der Waals surface area contributed by atoms with Crippen LogP contribution in [-0.4, -0.2) is 15.1 Å². The molecule has 1 heterocycles. The largest absolute Gasteiger partial charge is 0.276 e. The van der Waals surface area contributed by atoms with Crippen molar-refractivity contribution in [3.63, 3.8) is 0 Å². The lowest BCUT2D eigenvalue weighted by Crippen LogP contribution is -2.08. The highest BCUT2D eigenvalue weighted by Crippen LogP contribution is 2.19. The zero-order valence-corrected chi connectivity index (χ0v) is 13.2. The number of alkyl halides is 1. The molecular formula is C16H21BrN2. The molecule has 3 heteroatoms. The summed E-state index contributed by atoms with van der Waals surface area (Å²) in [5, 5.41) is 5.28. The Bertz CT molecular complexity index is 519. The molecule has 0 spiro atoms. The topological polar surface area (TPSA) is 17.8 Å². The number of hydrogen-bond donors (Lipinski definition) is 0. The van der Waals surface area contributed by atoms with Crippen LogP contribution in [0, 0.1) is 12.8 Å². The first kappa shape index (κ1) is 14.3. The highest BCUT2D eigenvalue weighted by atomic mass is 79.9. The fraction of sp³-hybridized carbons (Fsp3) is 0.438. The van der Waals surface area contributed by atoms with Crippen LogP contribution in [-0.2, 0) is 19.9 Å². The molecule has 0 saturated heterocycles. The standard InChI is InChI=1S/C16H21BrN2/c1-13-5-3-4-6-16(13)9-14(10-17)7-8-15-11-18-19(2)12-15/h3-6,11-12,14H,7-10H2,1-2H3. The third-order valence-electron chi connectivity index (χ3n) is 3.59. The van der Waals surface area contributed by atoms with E-state index in [1.807, 2.05) is 17.9 Å². The average Bonchev–Trinajstić information content (AvgIpc) is 2.82. The molecule has 1 aromatic heterocycles. The molecule has 0 amide bonds. The van der Waals surface area contributed by atoms with Crippen LogP contribution in [0.4, 0.5) is 0 Å². The number of rotatable bonds is 6. The van der Waals surface area contributed by atoms with Gasteiger partial charge in [-0.1, -0.05) is 40.2 Å². The Hall–Kier alpha value is -1.09. The van der Waals surface area contributed by atoms with Gasteiger partial charge in [0.05, 0.1) is 6.20 Å². The van der Waals surface area contributed by atoms with Crippen molar-refractivity contribution in [3.8, 4) is 0 Å². The van der Waals surface area contributed by atoms with Gasteiger partial charge in [-0.15, -0.1) is 0 Å². The fourth-order valence-electron chi connectivity index (χ4n) is 2.36. The Labute approximate surface area is 124 Å². The lowest BCUT2D eigenvalue weighted by Gasteiger charge is -2.15. The minimum atomic E-state index is 0.682. The minimum absolute atomic E-state index is 0.682. The highest BCUT2D eigenvalue weighted by molar-refractivity contribution is 9.09. The molecule has 0 radical (unpaired) electrons. The summed E-state index contributed by atoms with van der Waals surface area (Å²) in [5.74, 6) is 0.682. The van der Waals surface area contributed by atoms with E-state index in [1.54, 1.807) is 0 Å². The molecule has 0 N–H and O–H groups in total. The molecule has 2 nitrogen and oxygen atoms in total. The monoisotopic (exact) mass is 320 g/mol. The van der Waals surface area contributed by atoms with Crippen LogP contribution in [0.25, 0.3) is 0 Å². The van der Waals surface area contributed by atoms with E-state index in [9.17, 15) is 0 Å². The zero-order chi connectivity index (χ0) is 13.7. The van der Waals surface area contributed by atoms with Crippen molar-refractivity contribution in [1.29, 1.82) is 0 Å². The van der Waals surface area contributed by atoms with E-state index in [4.69, 9.17) is 0 Å². The van der Waals surface area contributed by atoms with Crippen LogP contribution < -0.4 is 0 Å². The van der Waals surface area contributed by atoms with Gasteiger partial charge in [0.15, 0.2) is 0 Å². The molecule has 0 aliphatic rings. The second-order valence-electron chi connectivity index (χ2n) is 5.21. The van der Waals surface area contributed by atoms with E-state index in [1.165, 1.54) is 23.1 Å². The van der Waals surface area contributed by atoms with Gasteiger partial charge in [0, 0.05) is 18.6 Å². The summed E-state index contributed by atoms with van der Waals surface area (Å²) >= 11 is 3.66. The normalized spacial score (nSPS) is 12.6.